The summed E-state index contributed by atoms with van der Waals surface area (Å²) in [6.45, 7) is 0. The maximum Gasteiger partial charge on any atom is 0.0583 e. The molecule has 0 aliphatic heterocycles. The molecule has 1 aromatic rings. The van der Waals surface area contributed by atoms with Crippen LogP contribution in [0.1, 0.15) is 49.1 Å². The van der Waals surface area contributed by atoms with Gasteiger partial charge in [-0.3, -0.25) is 0 Å². The van der Waals surface area contributed by atoms with Gasteiger partial charge in [-0.05, 0) is 55.6 Å². The van der Waals surface area contributed by atoms with Gasteiger partial charge in [0, 0.05) is 5.92 Å². The van der Waals surface area contributed by atoms with Crippen molar-refractivity contribution in [1.29, 1.82) is 0 Å². The molecule has 94 valence electrons. The maximum atomic E-state index is 9.91. The van der Waals surface area contributed by atoms with Gasteiger partial charge in [-0.25, -0.2) is 0 Å². The van der Waals surface area contributed by atoms with Crippen LogP contribution in [0.25, 0.3) is 0 Å². The number of fused-ring (bicyclic) bond motifs is 4. The van der Waals surface area contributed by atoms with Crippen LogP contribution >= 0.6 is 0 Å². The molecule has 3 atom stereocenters. The number of hydrogen-bond donors (Lipinski definition) is 1. The molecule has 1 heteroatoms. The zero-order valence-corrected chi connectivity index (χ0v) is 10.7. The van der Waals surface area contributed by atoms with E-state index in [0.717, 1.165) is 12.8 Å². The predicted molar refractivity (Wildman–Crippen MR) is 72.5 cm³/mol. The normalized spacial score (nSPS) is 33.9. The Morgan fingerprint density at radius 3 is 2.83 bits per heavy atom. The molecular weight excluding hydrogens is 220 g/mol. The standard InChI is InChI=1S/C17H20O/c18-13-9-12-6-8-15-14-4-2-1-3-11(14)5-7-16(15)17(12)10-13/h1-4,12-13,15,18H,5-10H2. The first-order valence-electron chi connectivity index (χ1n) is 7.30. The van der Waals surface area contributed by atoms with Crippen LogP contribution in [0.2, 0.25) is 0 Å². The van der Waals surface area contributed by atoms with Crippen molar-refractivity contribution in [2.24, 2.45) is 5.92 Å². The van der Waals surface area contributed by atoms with Gasteiger partial charge >= 0.3 is 0 Å². The lowest BCUT2D eigenvalue weighted by atomic mass is 9.69. The molecule has 0 bridgehead atoms. The van der Waals surface area contributed by atoms with Gasteiger partial charge in [-0.2, -0.15) is 0 Å². The van der Waals surface area contributed by atoms with Crippen LogP contribution in [-0.2, 0) is 6.42 Å². The SMILES string of the molecule is OC1CC2=C3CCc4ccccc4C3CCC2C1. The van der Waals surface area contributed by atoms with Crippen molar-refractivity contribution in [3.63, 3.8) is 0 Å². The summed E-state index contributed by atoms with van der Waals surface area (Å²) in [6, 6.07) is 8.97. The molecule has 1 nitrogen and oxygen atoms in total. The lowest BCUT2D eigenvalue weighted by Gasteiger charge is -2.36. The van der Waals surface area contributed by atoms with Gasteiger partial charge in [0.15, 0.2) is 0 Å². The molecule has 1 N–H and O–H groups in total. The van der Waals surface area contributed by atoms with Crippen LogP contribution in [0.5, 0.6) is 0 Å². The summed E-state index contributed by atoms with van der Waals surface area (Å²) in [5.74, 6) is 1.38. The van der Waals surface area contributed by atoms with E-state index >= 15 is 0 Å². The van der Waals surface area contributed by atoms with Crippen molar-refractivity contribution in [2.45, 2.75) is 50.5 Å². The monoisotopic (exact) mass is 240 g/mol. The molecule has 3 aliphatic rings. The Bertz CT molecular complexity index is 514. The molecule has 1 aromatic carbocycles. The summed E-state index contributed by atoms with van der Waals surface area (Å²) in [6.07, 6.45) is 6.94. The molecule has 0 saturated heterocycles. The van der Waals surface area contributed by atoms with Crippen LogP contribution < -0.4 is 0 Å². The smallest absolute Gasteiger partial charge is 0.0583 e. The number of allylic oxidation sites excluding steroid dienone is 1. The van der Waals surface area contributed by atoms with Crippen LogP contribution in [0.3, 0.4) is 0 Å². The fourth-order valence-electron chi connectivity index (χ4n) is 4.47. The summed E-state index contributed by atoms with van der Waals surface area (Å²) in [5.41, 5.74) is 6.46. The molecule has 1 fully saturated rings. The number of benzene rings is 1. The van der Waals surface area contributed by atoms with Crippen molar-refractivity contribution in [3.8, 4) is 0 Å². The summed E-state index contributed by atoms with van der Waals surface area (Å²) in [4.78, 5) is 0. The quantitative estimate of drug-likeness (QED) is 0.687. The number of aryl methyl sites for hydroxylation is 1. The van der Waals surface area contributed by atoms with E-state index in [-0.39, 0.29) is 6.10 Å². The van der Waals surface area contributed by atoms with E-state index in [1.165, 1.54) is 25.7 Å². The molecule has 18 heavy (non-hydrogen) atoms. The molecule has 0 aromatic heterocycles. The third kappa shape index (κ3) is 1.50. The zero-order chi connectivity index (χ0) is 12.1. The second-order valence-corrected chi connectivity index (χ2v) is 6.17. The topological polar surface area (TPSA) is 20.2 Å². The van der Waals surface area contributed by atoms with E-state index in [1.54, 1.807) is 22.3 Å². The van der Waals surface area contributed by atoms with Crippen molar-refractivity contribution < 1.29 is 5.11 Å². The highest BCUT2D eigenvalue weighted by Gasteiger charge is 2.38. The van der Waals surface area contributed by atoms with Gasteiger partial charge in [-0.1, -0.05) is 35.4 Å². The first kappa shape index (κ1) is 10.8. The van der Waals surface area contributed by atoms with Gasteiger partial charge in [0.25, 0.3) is 0 Å². The highest BCUT2D eigenvalue weighted by molar-refractivity contribution is 5.44. The van der Waals surface area contributed by atoms with Crippen LogP contribution in [0, 0.1) is 5.92 Å². The first-order valence-corrected chi connectivity index (χ1v) is 7.30. The summed E-state index contributed by atoms with van der Waals surface area (Å²) < 4.78 is 0. The molecular formula is C17H20O. The summed E-state index contributed by atoms with van der Waals surface area (Å²) in [5, 5.41) is 9.91. The Balaban J connectivity index is 1.81. The molecule has 3 unspecified atom stereocenters. The number of aliphatic hydroxyl groups is 1. The molecule has 1 saturated carbocycles. The van der Waals surface area contributed by atoms with Gasteiger partial charge in [0.1, 0.15) is 0 Å². The van der Waals surface area contributed by atoms with E-state index < -0.39 is 0 Å². The summed E-state index contributed by atoms with van der Waals surface area (Å²) >= 11 is 0. The Labute approximate surface area is 109 Å². The maximum absolute atomic E-state index is 9.91. The van der Waals surface area contributed by atoms with Crippen LogP contribution in [0.4, 0.5) is 0 Å². The molecule has 3 aliphatic carbocycles. The molecule has 0 radical (unpaired) electrons. The van der Waals surface area contributed by atoms with Crippen molar-refractivity contribution in [2.75, 3.05) is 0 Å². The Hall–Kier alpha value is -1.08. The number of rotatable bonds is 0. The first-order chi connectivity index (χ1) is 8.83. The Kier molecular flexibility index (Phi) is 2.38. The van der Waals surface area contributed by atoms with Crippen LogP contribution in [-0.4, -0.2) is 11.2 Å². The Morgan fingerprint density at radius 1 is 1.00 bits per heavy atom. The third-order valence-corrected chi connectivity index (χ3v) is 5.24. The highest BCUT2D eigenvalue weighted by Crippen LogP contribution is 2.51. The molecule has 0 spiro atoms. The van der Waals surface area contributed by atoms with Gasteiger partial charge < -0.3 is 5.11 Å². The van der Waals surface area contributed by atoms with Gasteiger partial charge in [-0.15, -0.1) is 0 Å². The average Bonchev–Trinajstić information content (AvgIpc) is 2.79. The van der Waals surface area contributed by atoms with Crippen molar-refractivity contribution in [1.82, 2.24) is 0 Å². The second kappa shape index (κ2) is 3.96. The zero-order valence-electron chi connectivity index (χ0n) is 10.7. The molecule has 4 rings (SSSR count). The van der Waals surface area contributed by atoms with Crippen LogP contribution in [0.15, 0.2) is 35.4 Å². The van der Waals surface area contributed by atoms with E-state index in [9.17, 15) is 5.11 Å². The van der Waals surface area contributed by atoms with E-state index in [4.69, 9.17) is 0 Å². The lowest BCUT2D eigenvalue weighted by Crippen LogP contribution is -2.20. The predicted octanol–water partition coefficient (Wildman–Crippen LogP) is 3.58. The highest BCUT2D eigenvalue weighted by atomic mass is 16.3. The summed E-state index contributed by atoms with van der Waals surface area (Å²) in [7, 11) is 0. The minimum Gasteiger partial charge on any atom is -0.393 e. The average molecular weight is 240 g/mol. The second-order valence-electron chi connectivity index (χ2n) is 6.17. The van der Waals surface area contributed by atoms with E-state index in [0.29, 0.717) is 11.8 Å². The fourth-order valence-corrected chi connectivity index (χ4v) is 4.47. The fraction of sp³-hybridized carbons (Fsp3) is 0.529. The minimum atomic E-state index is -0.0616. The third-order valence-electron chi connectivity index (χ3n) is 5.24. The largest absolute Gasteiger partial charge is 0.393 e. The molecule has 0 heterocycles. The number of aliphatic hydroxyl groups excluding tert-OH is 1. The van der Waals surface area contributed by atoms with Gasteiger partial charge in [0.2, 0.25) is 0 Å². The lowest BCUT2D eigenvalue weighted by molar-refractivity contribution is 0.177. The Morgan fingerprint density at radius 2 is 1.89 bits per heavy atom. The van der Waals surface area contributed by atoms with Crippen molar-refractivity contribution in [3.05, 3.63) is 46.5 Å². The van der Waals surface area contributed by atoms with Gasteiger partial charge in [0.05, 0.1) is 6.10 Å². The van der Waals surface area contributed by atoms with E-state index in [1.807, 2.05) is 0 Å². The van der Waals surface area contributed by atoms with Crippen molar-refractivity contribution >= 4 is 0 Å². The number of hydrogen-bond acceptors (Lipinski definition) is 1. The van der Waals surface area contributed by atoms with E-state index in [2.05, 4.69) is 24.3 Å². The minimum absolute atomic E-state index is 0.0616. The molecule has 0 amide bonds.